The molecule has 1 aromatic carbocycles. The highest BCUT2D eigenvalue weighted by Gasteiger charge is 2.21. The summed E-state index contributed by atoms with van der Waals surface area (Å²) in [4.78, 5) is 0. The maximum absolute atomic E-state index is 12.0. The van der Waals surface area contributed by atoms with E-state index < -0.39 is 10.0 Å². The van der Waals surface area contributed by atoms with Crippen molar-refractivity contribution in [2.75, 3.05) is 18.8 Å². The van der Waals surface area contributed by atoms with Gasteiger partial charge in [-0.3, -0.25) is 0 Å². The van der Waals surface area contributed by atoms with E-state index in [0.29, 0.717) is 12.5 Å². The van der Waals surface area contributed by atoms with Gasteiger partial charge in [0.2, 0.25) is 10.0 Å². The second-order valence-electron chi connectivity index (χ2n) is 5.57. The minimum atomic E-state index is -3.16. The zero-order chi connectivity index (χ0) is 14.4. The Balaban J connectivity index is 1.74. The Labute approximate surface area is 122 Å². The molecule has 1 fully saturated rings. The van der Waals surface area contributed by atoms with Crippen LogP contribution in [-0.2, 0) is 10.0 Å². The third-order valence-electron chi connectivity index (χ3n) is 3.85. The number of hydrogen-bond donors (Lipinski definition) is 2. The van der Waals surface area contributed by atoms with Gasteiger partial charge in [0, 0.05) is 12.6 Å². The molecule has 2 N–H and O–H groups in total. The molecule has 2 rings (SSSR count). The van der Waals surface area contributed by atoms with Crippen molar-refractivity contribution >= 4 is 10.0 Å². The SMILES string of the molecule is CC(CCNS(=O)(=O)CC1CCCN1)c1ccccc1. The van der Waals surface area contributed by atoms with Crippen molar-refractivity contribution in [3.8, 4) is 0 Å². The number of hydrogen-bond acceptors (Lipinski definition) is 3. The molecule has 0 spiro atoms. The first-order valence-electron chi connectivity index (χ1n) is 7.32. The summed E-state index contributed by atoms with van der Waals surface area (Å²) in [5.74, 6) is 0.565. The zero-order valence-corrected chi connectivity index (χ0v) is 12.8. The molecule has 2 atom stereocenters. The second-order valence-corrected chi connectivity index (χ2v) is 7.42. The predicted octanol–water partition coefficient (Wildman–Crippen LogP) is 1.85. The molecule has 1 heterocycles. The maximum atomic E-state index is 12.0. The van der Waals surface area contributed by atoms with Gasteiger partial charge in [0.05, 0.1) is 5.75 Å². The van der Waals surface area contributed by atoms with E-state index in [1.54, 1.807) is 0 Å². The van der Waals surface area contributed by atoms with E-state index in [4.69, 9.17) is 0 Å². The van der Waals surface area contributed by atoms with Gasteiger partial charge in [-0.15, -0.1) is 0 Å². The second kappa shape index (κ2) is 7.20. The Kier molecular flexibility index (Phi) is 5.57. The van der Waals surface area contributed by atoms with Crippen LogP contribution in [0.2, 0.25) is 0 Å². The Morgan fingerprint density at radius 2 is 2.10 bits per heavy atom. The van der Waals surface area contributed by atoms with Crippen LogP contribution >= 0.6 is 0 Å². The normalized spacial score (nSPS) is 20.9. The van der Waals surface area contributed by atoms with E-state index in [0.717, 1.165) is 25.8 Å². The average molecular weight is 296 g/mol. The molecular formula is C15H24N2O2S. The lowest BCUT2D eigenvalue weighted by Crippen LogP contribution is -2.37. The molecule has 0 aliphatic carbocycles. The fourth-order valence-corrected chi connectivity index (χ4v) is 3.96. The smallest absolute Gasteiger partial charge is 0.213 e. The first-order chi connectivity index (χ1) is 9.57. The van der Waals surface area contributed by atoms with Crippen molar-refractivity contribution in [2.45, 2.75) is 38.1 Å². The van der Waals surface area contributed by atoms with Gasteiger partial charge < -0.3 is 5.32 Å². The number of sulfonamides is 1. The molecule has 1 aliphatic rings. The molecule has 1 aliphatic heterocycles. The van der Waals surface area contributed by atoms with Crippen LogP contribution in [0, 0.1) is 0 Å². The molecule has 112 valence electrons. The quantitative estimate of drug-likeness (QED) is 0.807. The summed E-state index contributed by atoms with van der Waals surface area (Å²) in [7, 11) is -3.16. The number of benzene rings is 1. The third-order valence-corrected chi connectivity index (χ3v) is 5.34. The van der Waals surface area contributed by atoms with E-state index in [9.17, 15) is 8.42 Å². The van der Waals surface area contributed by atoms with Crippen LogP contribution in [0.1, 0.15) is 37.7 Å². The summed E-state index contributed by atoms with van der Waals surface area (Å²) in [6.07, 6.45) is 2.86. The van der Waals surface area contributed by atoms with Crippen molar-refractivity contribution in [3.05, 3.63) is 35.9 Å². The van der Waals surface area contributed by atoms with Gasteiger partial charge in [0.15, 0.2) is 0 Å². The molecule has 4 nitrogen and oxygen atoms in total. The van der Waals surface area contributed by atoms with Crippen LogP contribution in [0.25, 0.3) is 0 Å². The Morgan fingerprint density at radius 1 is 1.35 bits per heavy atom. The summed E-state index contributed by atoms with van der Waals surface area (Å²) in [6.45, 7) is 3.57. The summed E-state index contributed by atoms with van der Waals surface area (Å²) in [5, 5.41) is 3.22. The van der Waals surface area contributed by atoms with E-state index in [-0.39, 0.29) is 11.8 Å². The van der Waals surface area contributed by atoms with Gasteiger partial charge in [-0.25, -0.2) is 13.1 Å². The summed E-state index contributed by atoms with van der Waals surface area (Å²) < 4.78 is 26.6. The fourth-order valence-electron chi connectivity index (χ4n) is 2.60. The van der Waals surface area contributed by atoms with E-state index in [2.05, 4.69) is 29.1 Å². The summed E-state index contributed by atoms with van der Waals surface area (Å²) in [5.41, 5.74) is 1.25. The van der Waals surface area contributed by atoms with Crippen LogP contribution in [0.15, 0.2) is 30.3 Å². The molecule has 0 bridgehead atoms. The minimum Gasteiger partial charge on any atom is -0.313 e. The van der Waals surface area contributed by atoms with Crippen LogP contribution in [0.5, 0.6) is 0 Å². The summed E-state index contributed by atoms with van der Waals surface area (Å²) in [6, 6.07) is 10.3. The van der Waals surface area contributed by atoms with Gasteiger partial charge >= 0.3 is 0 Å². The average Bonchev–Trinajstić information content (AvgIpc) is 2.91. The highest BCUT2D eigenvalue weighted by Crippen LogP contribution is 2.17. The zero-order valence-electron chi connectivity index (χ0n) is 12.0. The molecule has 20 heavy (non-hydrogen) atoms. The maximum Gasteiger partial charge on any atom is 0.213 e. The first-order valence-corrected chi connectivity index (χ1v) is 8.98. The van der Waals surface area contributed by atoms with Gasteiger partial charge in [-0.1, -0.05) is 37.3 Å². The highest BCUT2D eigenvalue weighted by molar-refractivity contribution is 7.89. The number of nitrogens with one attached hydrogen (secondary N) is 2. The monoisotopic (exact) mass is 296 g/mol. The Hall–Kier alpha value is -0.910. The first kappa shape index (κ1) is 15.5. The molecule has 0 amide bonds. The lowest BCUT2D eigenvalue weighted by Gasteiger charge is -2.14. The Morgan fingerprint density at radius 3 is 2.75 bits per heavy atom. The predicted molar refractivity (Wildman–Crippen MR) is 82.3 cm³/mol. The Bertz CT molecular complexity index is 496. The van der Waals surface area contributed by atoms with Crippen molar-refractivity contribution < 1.29 is 8.42 Å². The molecule has 0 saturated carbocycles. The molecule has 2 unspecified atom stereocenters. The topological polar surface area (TPSA) is 58.2 Å². The molecule has 5 heteroatoms. The van der Waals surface area contributed by atoms with Crippen molar-refractivity contribution in [3.63, 3.8) is 0 Å². The van der Waals surface area contributed by atoms with Gasteiger partial charge in [0.1, 0.15) is 0 Å². The van der Waals surface area contributed by atoms with Crippen molar-refractivity contribution in [1.29, 1.82) is 0 Å². The van der Waals surface area contributed by atoms with E-state index in [1.165, 1.54) is 5.56 Å². The minimum absolute atomic E-state index is 0.124. The molecule has 0 aromatic heterocycles. The van der Waals surface area contributed by atoms with Crippen LogP contribution in [0.3, 0.4) is 0 Å². The highest BCUT2D eigenvalue weighted by atomic mass is 32.2. The van der Waals surface area contributed by atoms with E-state index in [1.807, 2.05) is 18.2 Å². The molecule has 0 radical (unpaired) electrons. The van der Waals surface area contributed by atoms with Gasteiger partial charge in [0.25, 0.3) is 0 Å². The third kappa shape index (κ3) is 4.89. The molecule has 1 saturated heterocycles. The number of rotatable bonds is 7. The lowest BCUT2D eigenvalue weighted by molar-refractivity contribution is 0.557. The standard InChI is InChI=1S/C15H24N2O2S/c1-13(14-6-3-2-4-7-14)9-11-17-20(18,19)12-15-8-5-10-16-15/h2-4,6-7,13,15-17H,5,8-12H2,1H3. The molecular weight excluding hydrogens is 272 g/mol. The largest absolute Gasteiger partial charge is 0.313 e. The van der Waals surface area contributed by atoms with Crippen LogP contribution in [-0.4, -0.2) is 33.3 Å². The lowest BCUT2D eigenvalue weighted by atomic mass is 9.98. The van der Waals surface area contributed by atoms with Crippen LogP contribution < -0.4 is 10.0 Å². The van der Waals surface area contributed by atoms with E-state index >= 15 is 0 Å². The molecule has 1 aromatic rings. The van der Waals surface area contributed by atoms with Gasteiger partial charge in [-0.05, 0) is 37.3 Å². The summed E-state index contributed by atoms with van der Waals surface area (Å²) >= 11 is 0. The van der Waals surface area contributed by atoms with Crippen molar-refractivity contribution in [1.82, 2.24) is 10.0 Å². The fraction of sp³-hybridized carbons (Fsp3) is 0.600. The van der Waals surface area contributed by atoms with Gasteiger partial charge in [-0.2, -0.15) is 0 Å². The van der Waals surface area contributed by atoms with Crippen molar-refractivity contribution in [2.24, 2.45) is 0 Å². The van der Waals surface area contributed by atoms with Crippen LogP contribution in [0.4, 0.5) is 0 Å².